The number of hydrogen-bond donors (Lipinski definition) is 0. The summed E-state index contributed by atoms with van der Waals surface area (Å²) in [5.41, 5.74) is 11.2. The quantitative estimate of drug-likeness (QED) is 0.199. The SMILES string of the molecule is CC1(C)c2ccccc2-c2nc(-c3cc(-c4ccccn4)cc(-c4ccccn4)c3)nc(-c3cccc4c3sc3ccccc34)c21. The number of hydrogen-bond acceptors (Lipinski definition) is 5. The zero-order chi connectivity index (χ0) is 30.8. The molecule has 0 saturated carbocycles. The first-order valence-electron chi connectivity index (χ1n) is 15.5. The van der Waals surface area contributed by atoms with Gasteiger partial charge < -0.3 is 0 Å². The minimum Gasteiger partial charge on any atom is -0.256 e. The maximum absolute atomic E-state index is 5.51. The molecule has 4 heterocycles. The normalized spacial score (nSPS) is 13.2. The topological polar surface area (TPSA) is 51.6 Å². The fourth-order valence-corrected chi connectivity index (χ4v) is 8.21. The zero-order valence-corrected chi connectivity index (χ0v) is 26.2. The van der Waals surface area contributed by atoms with Crippen LogP contribution in [0.25, 0.3) is 76.6 Å². The van der Waals surface area contributed by atoms with Gasteiger partial charge in [0.1, 0.15) is 0 Å². The molecule has 9 rings (SSSR count). The van der Waals surface area contributed by atoms with Crippen molar-refractivity contribution in [1.82, 2.24) is 19.9 Å². The minimum atomic E-state index is -0.270. The number of benzene rings is 4. The van der Waals surface area contributed by atoms with Gasteiger partial charge in [0.15, 0.2) is 5.82 Å². The van der Waals surface area contributed by atoms with E-state index in [0.717, 1.165) is 45.0 Å². The highest BCUT2D eigenvalue weighted by molar-refractivity contribution is 7.26. The zero-order valence-electron chi connectivity index (χ0n) is 25.4. The van der Waals surface area contributed by atoms with Crippen molar-refractivity contribution in [1.29, 1.82) is 0 Å². The third-order valence-electron chi connectivity index (χ3n) is 9.16. The highest BCUT2D eigenvalue weighted by Gasteiger charge is 2.40. The molecule has 8 aromatic rings. The number of aromatic nitrogens is 4. The van der Waals surface area contributed by atoms with Gasteiger partial charge in [-0.25, -0.2) is 9.97 Å². The first kappa shape index (κ1) is 26.8. The molecule has 0 bridgehead atoms. The molecular formula is C41H28N4S. The number of rotatable bonds is 4. The van der Waals surface area contributed by atoms with Crippen molar-refractivity contribution in [2.75, 3.05) is 0 Å². The molecule has 0 amide bonds. The lowest BCUT2D eigenvalue weighted by Crippen LogP contribution is -2.17. The van der Waals surface area contributed by atoms with Crippen LogP contribution in [0.5, 0.6) is 0 Å². The van der Waals surface area contributed by atoms with E-state index in [0.29, 0.717) is 5.82 Å². The van der Waals surface area contributed by atoms with Gasteiger partial charge in [-0.15, -0.1) is 11.3 Å². The fraction of sp³-hybridized carbons (Fsp3) is 0.0732. The van der Waals surface area contributed by atoms with Crippen LogP contribution in [0.3, 0.4) is 0 Å². The average molecular weight is 609 g/mol. The summed E-state index contributed by atoms with van der Waals surface area (Å²) in [6.45, 7) is 4.60. The first-order valence-corrected chi connectivity index (χ1v) is 16.3. The second kappa shape index (κ2) is 10.3. The predicted octanol–water partition coefficient (Wildman–Crippen LogP) is 10.6. The highest BCUT2D eigenvalue weighted by atomic mass is 32.1. The van der Waals surface area contributed by atoms with E-state index in [9.17, 15) is 0 Å². The monoisotopic (exact) mass is 608 g/mol. The largest absolute Gasteiger partial charge is 0.256 e. The lowest BCUT2D eigenvalue weighted by Gasteiger charge is -2.24. The molecule has 0 aliphatic heterocycles. The van der Waals surface area contributed by atoms with E-state index in [1.54, 1.807) is 0 Å². The van der Waals surface area contributed by atoms with Crippen LogP contribution in [0.4, 0.5) is 0 Å². The van der Waals surface area contributed by atoms with Crippen LogP contribution in [0.2, 0.25) is 0 Å². The molecule has 218 valence electrons. The van der Waals surface area contributed by atoms with Gasteiger partial charge >= 0.3 is 0 Å². The molecule has 0 atom stereocenters. The van der Waals surface area contributed by atoms with Crippen molar-refractivity contribution >= 4 is 31.5 Å². The maximum atomic E-state index is 5.51. The smallest absolute Gasteiger partial charge is 0.160 e. The van der Waals surface area contributed by atoms with Crippen molar-refractivity contribution in [3.63, 3.8) is 0 Å². The number of fused-ring (bicyclic) bond motifs is 6. The molecular weight excluding hydrogens is 581 g/mol. The lowest BCUT2D eigenvalue weighted by atomic mass is 9.80. The Bertz CT molecular complexity index is 2390. The van der Waals surface area contributed by atoms with Crippen LogP contribution < -0.4 is 0 Å². The third-order valence-corrected chi connectivity index (χ3v) is 10.4. The lowest BCUT2D eigenvalue weighted by molar-refractivity contribution is 0.658. The molecule has 4 aromatic carbocycles. The molecule has 5 heteroatoms. The van der Waals surface area contributed by atoms with E-state index in [4.69, 9.17) is 9.97 Å². The highest BCUT2D eigenvalue weighted by Crippen LogP contribution is 2.53. The Morgan fingerprint density at radius 2 is 1.13 bits per heavy atom. The molecule has 0 N–H and O–H groups in total. The van der Waals surface area contributed by atoms with Crippen molar-refractivity contribution in [3.05, 3.63) is 145 Å². The third kappa shape index (κ3) is 4.12. The van der Waals surface area contributed by atoms with E-state index in [1.807, 2.05) is 60.1 Å². The second-order valence-electron chi connectivity index (χ2n) is 12.3. The van der Waals surface area contributed by atoms with Gasteiger partial charge in [0, 0.05) is 71.4 Å². The molecule has 1 aliphatic carbocycles. The van der Waals surface area contributed by atoms with Crippen LogP contribution in [-0.4, -0.2) is 19.9 Å². The van der Waals surface area contributed by atoms with Gasteiger partial charge in [-0.3, -0.25) is 9.97 Å². The summed E-state index contributed by atoms with van der Waals surface area (Å²) in [5, 5.41) is 2.54. The Labute approximate surface area is 271 Å². The van der Waals surface area contributed by atoms with Crippen LogP contribution in [0.15, 0.2) is 134 Å². The standard InChI is InChI=1S/C41H28N4S/c1-41(2)32-16-5-3-13-30(32)37-36(41)38(31-15-11-14-29-28-12-4-6-19-35(28)46-39(29)31)45-40(44-37)27-23-25(33-17-7-9-20-42-33)22-26(24-27)34-18-8-10-21-43-34/h3-24H,1-2H3. The minimum absolute atomic E-state index is 0.270. The summed E-state index contributed by atoms with van der Waals surface area (Å²) in [4.78, 5) is 20.3. The van der Waals surface area contributed by atoms with E-state index in [2.05, 4.69) is 109 Å². The van der Waals surface area contributed by atoms with Crippen LogP contribution in [0, 0.1) is 0 Å². The average Bonchev–Trinajstić information content (AvgIpc) is 3.61. The van der Waals surface area contributed by atoms with E-state index in [-0.39, 0.29) is 5.41 Å². The fourth-order valence-electron chi connectivity index (χ4n) is 6.99. The summed E-state index contributed by atoms with van der Waals surface area (Å²) >= 11 is 1.84. The van der Waals surface area contributed by atoms with Crippen LogP contribution in [0.1, 0.15) is 25.0 Å². The molecule has 1 aliphatic rings. The Morgan fingerprint density at radius 3 is 1.85 bits per heavy atom. The van der Waals surface area contributed by atoms with Gasteiger partial charge in [0.05, 0.1) is 22.8 Å². The van der Waals surface area contributed by atoms with Gasteiger partial charge in [-0.2, -0.15) is 0 Å². The summed E-state index contributed by atoms with van der Waals surface area (Å²) in [5.74, 6) is 0.689. The van der Waals surface area contributed by atoms with Crippen molar-refractivity contribution < 1.29 is 0 Å². The Kier molecular flexibility index (Phi) is 5.99. The number of thiophene rings is 1. The molecule has 0 unspecified atom stereocenters. The van der Waals surface area contributed by atoms with Crippen molar-refractivity contribution in [2.24, 2.45) is 0 Å². The Morgan fingerprint density at radius 1 is 0.543 bits per heavy atom. The number of pyridine rings is 2. The Hall–Kier alpha value is -5.52. The van der Waals surface area contributed by atoms with E-state index < -0.39 is 0 Å². The summed E-state index contributed by atoms with van der Waals surface area (Å²) in [7, 11) is 0. The molecule has 0 radical (unpaired) electrons. The van der Waals surface area contributed by atoms with Gasteiger partial charge in [-0.05, 0) is 54.1 Å². The second-order valence-corrected chi connectivity index (χ2v) is 13.4. The molecule has 0 saturated heterocycles. The van der Waals surface area contributed by atoms with Crippen LogP contribution >= 0.6 is 11.3 Å². The first-order chi connectivity index (χ1) is 22.6. The Balaban J connectivity index is 1.36. The summed E-state index contributed by atoms with van der Waals surface area (Å²) in [6.07, 6.45) is 3.66. The van der Waals surface area contributed by atoms with E-state index in [1.165, 1.54) is 36.9 Å². The number of nitrogens with zero attached hydrogens (tertiary/aromatic N) is 4. The van der Waals surface area contributed by atoms with Gasteiger partial charge in [0.25, 0.3) is 0 Å². The summed E-state index contributed by atoms with van der Waals surface area (Å²) < 4.78 is 2.53. The van der Waals surface area contributed by atoms with Crippen LogP contribution in [-0.2, 0) is 5.41 Å². The molecule has 0 fully saturated rings. The van der Waals surface area contributed by atoms with Crippen molar-refractivity contribution in [2.45, 2.75) is 19.3 Å². The maximum Gasteiger partial charge on any atom is 0.160 e. The molecule has 0 spiro atoms. The summed E-state index contributed by atoms with van der Waals surface area (Å²) in [6, 6.07) is 42.4. The van der Waals surface area contributed by atoms with E-state index >= 15 is 0 Å². The van der Waals surface area contributed by atoms with Crippen molar-refractivity contribution in [3.8, 4) is 56.4 Å². The molecule has 46 heavy (non-hydrogen) atoms. The predicted molar refractivity (Wildman–Crippen MR) is 190 cm³/mol. The molecule has 4 aromatic heterocycles. The van der Waals surface area contributed by atoms with Gasteiger partial charge in [0.2, 0.25) is 0 Å². The molecule has 4 nitrogen and oxygen atoms in total. The van der Waals surface area contributed by atoms with Gasteiger partial charge in [-0.1, -0.05) is 86.6 Å².